The van der Waals surface area contributed by atoms with E-state index in [1.54, 1.807) is 0 Å². The maximum Gasteiger partial charge on any atom is 0.0403 e. The number of nitrogens with two attached hydrogens (primary N) is 3. The maximum absolute atomic E-state index is 4.85. The molecule has 0 aliphatic carbocycles. The maximum atomic E-state index is 4.85. The van der Waals surface area contributed by atoms with E-state index in [1.165, 1.54) is 32.1 Å². The van der Waals surface area contributed by atoms with Crippen molar-refractivity contribution in [3.05, 3.63) is 0 Å². The first-order valence-corrected chi connectivity index (χ1v) is 8.80. The van der Waals surface area contributed by atoms with Crippen LogP contribution in [0.15, 0.2) is 0 Å². The quantitative estimate of drug-likeness (QED) is 0.606. The minimum absolute atomic E-state index is 0.250. The Labute approximate surface area is 135 Å². The fraction of sp³-hybridized carbons (Fsp3) is 1.00. The lowest BCUT2D eigenvalue weighted by molar-refractivity contribution is 0.111. The van der Waals surface area contributed by atoms with Gasteiger partial charge in [-0.15, -0.1) is 0 Å². The predicted molar refractivity (Wildman–Crippen MR) is 99.1 cm³/mol. The standard InChI is InChI=1S/C15H32.C2H7N.CH6N2/c1-8-14(6,9-2)12-13(5)15(7,10-3)11-4;1-2-3;2-1-3/h13H,8-12H2,1-7H3;2-3H2,1H3;1-3H2. The molecule has 0 spiro atoms. The van der Waals surface area contributed by atoms with Gasteiger partial charge in [0.05, 0.1) is 0 Å². The van der Waals surface area contributed by atoms with Crippen molar-refractivity contribution in [3.8, 4) is 0 Å². The fourth-order valence-corrected chi connectivity index (χ4v) is 2.47. The Bertz CT molecular complexity index is 195. The Kier molecular flexibility index (Phi) is 18.2. The van der Waals surface area contributed by atoms with Gasteiger partial charge in [0.25, 0.3) is 0 Å². The van der Waals surface area contributed by atoms with Crippen molar-refractivity contribution < 1.29 is 0 Å². The van der Waals surface area contributed by atoms with Gasteiger partial charge in [-0.3, -0.25) is 0 Å². The molecule has 6 N–H and O–H groups in total. The highest BCUT2D eigenvalue weighted by atomic mass is 14.7. The molecular formula is C18H45N3. The Morgan fingerprint density at radius 2 is 1.05 bits per heavy atom. The third-order valence-corrected chi connectivity index (χ3v) is 5.31. The van der Waals surface area contributed by atoms with Gasteiger partial charge >= 0.3 is 0 Å². The van der Waals surface area contributed by atoms with E-state index in [0.717, 1.165) is 12.5 Å². The summed E-state index contributed by atoms with van der Waals surface area (Å²) in [5, 5.41) is 0. The van der Waals surface area contributed by atoms with Crippen molar-refractivity contribution in [2.24, 2.45) is 33.9 Å². The number of rotatable bonds is 7. The van der Waals surface area contributed by atoms with Gasteiger partial charge in [-0.25, -0.2) is 0 Å². The summed E-state index contributed by atoms with van der Waals surface area (Å²) in [6, 6.07) is 0. The van der Waals surface area contributed by atoms with Crippen molar-refractivity contribution in [1.29, 1.82) is 0 Å². The predicted octanol–water partition coefficient (Wildman–Crippen LogP) is 4.49. The summed E-state index contributed by atoms with van der Waals surface area (Å²) in [4.78, 5) is 0. The van der Waals surface area contributed by atoms with Crippen molar-refractivity contribution in [2.75, 3.05) is 13.2 Å². The van der Waals surface area contributed by atoms with Gasteiger partial charge in [-0.05, 0) is 29.7 Å². The van der Waals surface area contributed by atoms with Crippen LogP contribution < -0.4 is 17.2 Å². The average Bonchev–Trinajstić information content (AvgIpc) is 2.47. The van der Waals surface area contributed by atoms with Crippen LogP contribution in [0.3, 0.4) is 0 Å². The van der Waals surface area contributed by atoms with Gasteiger partial charge < -0.3 is 17.2 Å². The summed E-state index contributed by atoms with van der Waals surface area (Å²) in [5.41, 5.74) is 15.2. The molecule has 0 aromatic heterocycles. The molecule has 0 saturated heterocycles. The second kappa shape index (κ2) is 14.8. The van der Waals surface area contributed by atoms with Gasteiger partial charge in [0.2, 0.25) is 0 Å². The SMILES string of the molecule is CCC(C)(CC)CC(C)C(C)(CC)CC.CCN.NCN. The molecule has 21 heavy (non-hydrogen) atoms. The largest absolute Gasteiger partial charge is 0.331 e. The van der Waals surface area contributed by atoms with Gasteiger partial charge in [0, 0.05) is 6.67 Å². The Hall–Kier alpha value is -0.120. The summed E-state index contributed by atoms with van der Waals surface area (Å²) in [6.07, 6.45) is 6.65. The Morgan fingerprint density at radius 1 is 0.762 bits per heavy atom. The molecule has 1 atom stereocenters. The molecule has 3 heteroatoms. The molecule has 0 bridgehead atoms. The van der Waals surface area contributed by atoms with E-state index >= 15 is 0 Å². The smallest absolute Gasteiger partial charge is 0.0403 e. The number of hydrogen-bond acceptors (Lipinski definition) is 3. The highest BCUT2D eigenvalue weighted by Gasteiger charge is 2.32. The van der Waals surface area contributed by atoms with Crippen LogP contribution in [0.1, 0.15) is 87.5 Å². The van der Waals surface area contributed by atoms with E-state index in [0.29, 0.717) is 10.8 Å². The van der Waals surface area contributed by atoms with E-state index in [9.17, 15) is 0 Å². The first-order valence-electron chi connectivity index (χ1n) is 8.80. The number of hydrogen-bond donors (Lipinski definition) is 3. The summed E-state index contributed by atoms with van der Waals surface area (Å²) >= 11 is 0. The molecule has 0 rings (SSSR count). The van der Waals surface area contributed by atoms with Gasteiger partial charge in [0.15, 0.2) is 0 Å². The molecule has 0 aromatic rings. The van der Waals surface area contributed by atoms with Crippen LogP contribution in [-0.2, 0) is 0 Å². The van der Waals surface area contributed by atoms with E-state index in [1.807, 2.05) is 6.92 Å². The average molecular weight is 304 g/mol. The second-order valence-corrected chi connectivity index (χ2v) is 6.63. The molecule has 0 fully saturated rings. The van der Waals surface area contributed by atoms with E-state index in [-0.39, 0.29) is 6.67 Å². The van der Waals surface area contributed by atoms with Crippen LogP contribution in [-0.4, -0.2) is 13.2 Å². The topological polar surface area (TPSA) is 78.1 Å². The molecule has 0 amide bonds. The van der Waals surface area contributed by atoms with Gasteiger partial charge in [-0.1, -0.05) is 81.1 Å². The van der Waals surface area contributed by atoms with E-state index in [4.69, 9.17) is 5.73 Å². The molecule has 0 aliphatic heterocycles. The molecule has 132 valence electrons. The lowest BCUT2D eigenvalue weighted by Gasteiger charge is -2.40. The normalized spacial score (nSPS) is 12.7. The highest BCUT2D eigenvalue weighted by molar-refractivity contribution is 4.83. The van der Waals surface area contributed by atoms with Crippen molar-refractivity contribution in [2.45, 2.75) is 87.5 Å². The first kappa shape index (κ1) is 25.8. The molecule has 3 nitrogen and oxygen atoms in total. The summed E-state index contributed by atoms with van der Waals surface area (Å²) in [5.74, 6) is 0.845. The van der Waals surface area contributed by atoms with Crippen molar-refractivity contribution in [3.63, 3.8) is 0 Å². The molecule has 0 saturated carbocycles. The molecule has 0 aliphatic rings. The Morgan fingerprint density at radius 3 is 1.24 bits per heavy atom. The highest BCUT2D eigenvalue weighted by Crippen LogP contribution is 2.43. The van der Waals surface area contributed by atoms with Crippen LogP contribution in [0, 0.1) is 16.7 Å². The summed E-state index contributed by atoms with van der Waals surface area (Å²) < 4.78 is 0. The summed E-state index contributed by atoms with van der Waals surface area (Å²) in [7, 11) is 0. The van der Waals surface area contributed by atoms with Crippen LogP contribution in [0.2, 0.25) is 0 Å². The third kappa shape index (κ3) is 12.1. The third-order valence-electron chi connectivity index (χ3n) is 5.31. The minimum atomic E-state index is 0.250. The van der Waals surface area contributed by atoms with E-state index < -0.39 is 0 Å². The fourth-order valence-electron chi connectivity index (χ4n) is 2.47. The summed E-state index contributed by atoms with van der Waals surface area (Å²) in [6.45, 7) is 19.6. The monoisotopic (exact) mass is 303 g/mol. The molecular weight excluding hydrogens is 258 g/mol. The Balaban J connectivity index is -0.000000460. The second-order valence-electron chi connectivity index (χ2n) is 6.63. The molecule has 0 heterocycles. The molecule has 0 radical (unpaired) electrons. The van der Waals surface area contributed by atoms with Crippen molar-refractivity contribution >= 4 is 0 Å². The van der Waals surface area contributed by atoms with Gasteiger partial charge in [-0.2, -0.15) is 0 Å². The zero-order chi connectivity index (χ0) is 17.5. The first-order chi connectivity index (χ1) is 9.70. The minimum Gasteiger partial charge on any atom is -0.331 e. The van der Waals surface area contributed by atoms with E-state index in [2.05, 4.69) is 59.9 Å². The van der Waals surface area contributed by atoms with Crippen LogP contribution in [0.5, 0.6) is 0 Å². The lowest BCUT2D eigenvalue weighted by Crippen LogP contribution is -2.29. The van der Waals surface area contributed by atoms with Crippen LogP contribution in [0.4, 0.5) is 0 Å². The van der Waals surface area contributed by atoms with Crippen molar-refractivity contribution in [1.82, 2.24) is 0 Å². The lowest BCUT2D eigenvalue weighted by atomic mass is 9.66. The van der Waals surface area contributed by atoms with Gasteiger partial charge in [0.1, 0.15) is 0 Å². The van der Waals surface area contributed by atoms with Crippen LogP contribution >= 0.6 is 0 Å². The zero-order valence-electron chi connectivity index (χ0n) is 16.3. The van der Waals surface area contributed by atoms with Crippen LogP contribution in [0.25, 0.3) is 0 Å². The molecule has 1 unspecified atom stereocenters. The molecule has 0 aromatic carbocycles. The zero-order valence-corrected chi connectivity index (χ0v) is 16.3.